The van der Waals surface area contributed by atoms with E-state index < -0.39 is 0 Å². The summed E-state index contributed by atoms with van der Waals surface area (Å²) in [6, 6.07) is 15.5. The largest absolute Gasteiger partial charge is 0.379 e. The van der Waals surface area contributed by atoms with Crippen molar-refractivity contribution in [2.24, 2.45) is 0 Å². The lowest BCUT2D eigenvalue weighted by molar-refractivity contribution is 0.0383. The highest BCUT2D eigenvalue weighted by Crippen LogP contribution is 2.21. The van der Waals surface area contributed by atoms with E-state index in [1.165, 1.54) is 0 Å². The van der Waals surface area contributed by atoms with Crippen molar-refractivity contribution >= 4 is 22.4 Å². The monoisotopic (exact) mass is 476 g/mol. The zero-order valence-corrected chi connectivity index (χ0v) is 19.9. The summed E-state index contributed by atoms with van der Waals surface area (Å²) in [6.07, 6.45) is 1.84. The van der Waals surface area contributed by atoms with Gasteiger partial charge in [0.15, 0.2) is 0 Å². The van der Waals surface area contributed by atoms with Crippen molar-refractivity contribution in [3.05, 3.63) is 76.2 Å². The summed E-state index contributed by atoms with van der Waals surface area (Å²) in [7, 11) is 0. The Morgan fingerprint density at radius 2 is 1.69 bits per heavy atom. The molecule has 1 aromatic heterocycles. The van der Waals surface area contributed by atoms with Crippen LogP contribution in [0.15, 0.2) is 59.5 Å². The number of pyridine rings is 1. The Labute approximate surface area is 205 Å². The topological polar surface area (TPSA) is 76.0 Å². The van der Waals surface area contributed by atoms with E-state index in [2.05, 4.69) is 21.2 Å². The number of fused-ring (bicyclic) bond motifs is 1. The number of nitrogens with zero attached hydrogens (tertiary/aromatic N) is 3. The Bertz CT molecular complexity index is 1230. The SMILES string of the molecule is O=C(NCCN1CCOCC1)c1cccc(Cn2ccc3cc(N4CCOCC4)ccc3c2=O)c1. The molecule has 0 saturated carbocycles. The summed E-state index contributed by atoms with van der Waals surface area (Å²) in [4.78, 5) is 30.4. The third-order valence-corrected chi connectivity index (χ3v) is 6.70. The lowest BCUT2D eigenvalue weighted by atomic mass is 10.1. The number of anilines is 1. The van der Waals surface area contributed by atoms with Gasteiger partial charge in [-0.15, -0.1) is 0 Å². The molecule has 1 amide bonds. The minimum atomic E-state index is -0.0957. The quantitative estimate of drug-likeness (QED) is 0.562. The molecule has 0 atom stereocenters. The molecule has 1 N–H and O–H groups in total. The molecule has 0 unspecified atom stereocenters. The number of carbonyl (C=O) groups is 1. The van der Waals surface area contributed by atoms with E-state index in [4.69, 9.17) is 9.47 Å². The molecule has 8 nitrogen and oxygen atoms in total. The maximum Gasteiger partial charge on any atom is 0.258 e. The van der Waals surface area contributed by atoms with Gasteiger partial charge in [0, 0.05) is 62.1 Å². The number of benzene rings is 2. The maximum atomic E-state index is 13.2. The highest BCUT2D eigenvalue weighted by Gasteiger charge is 2.14. The second-order valence-electron chi connectivity index (χ2n) is 9.03. The molecule has 2 fully saturated rings. The first-order valence-electron chi connectivity index (χ1n) is 12.3. The average Bonchev–Trinajstić information content (AvgIpc) is 2.91. The van der Waals surface area contributed by atoms with E-state index in [0.29, 0.717) is 24.0 Å². The molecule has 2 saturated heterocycles. The molecule has 0 aliphatic carbocycles. The summed E-state index contributed by atoms with van der Waals surface area (Å²) in [6.45, 7) is 8.30. The number of ether oxygens (including phenoxy) is 2. The third kappa shape index (κ3) is 5.73. The van der Waals surface area contributed by atoms with Crippen LogP contribution in [0.4, 0.5) is 5.69 Å². The molecule has 3 aromatic rings. The zero-order valence-electron chi connectivity index (χ0n) is 19.9. The Morgan fingerprint density at radius 1 is 0.914 bits per heavy atom. The Balaban J connectivity index is 1.25. The average molecular weight is 477 g/mol. The molecule has 8 heteroatoms. The van der Waals surface area contributed by atoms with Gasteiger partial charge in [-0.05, 0) is 47.3 Å². The van der Waals surface area contributed by atoms with Gasteiger partial charge in [0.25, 0.3) is 11.5 Å². The summed E-state index contributed by atoms with van der Waals surface area (Å²) in [5.41, 5.74) is 2.60. The summed E-state index contributed by atoms with van der Waals surface area (Å²) < 4.78 is 12.5. The highest BCUT2D eigenvalue weighted by atomic mass is 16.5. The van der Waals surface area contributed by atoms with Gasteiger partial charge in [0.2, 0.25) is 0 Å². The number of aromatic nitrogens is 1. The van der Waals surface area contributed by atoms with Gasteiger partial charge in [-0.2, -0.15) is 0 Å². The van der Waals surface area contributed by atoms with Crippen LogP contribution < -0.4 is 15.8 Å². The minimum Gasteiger partial charge on any atom is -0.379 e. The van der Waals surface area contributed by atoms with Gasteiger partial charge >= 0.3 is 0 Å². The van der Waals surface area contributed by atoms with E-state index in [1.807, 2.05) is 48.7 Å². The van der Waals surface area contributed by atoms with E-state index in [-0.39, 0.29) is 11.5 Å². The second-order valence-corrected chi connectivity index (χ2v) is 9.03. The van der Waals surface area contributed by atoms with E-state index in [1.54, 1.807) is 4.57 Å². The van der Waals surface area contributed by atoms with Crippen molar-refractivity contribution in [2.45, 2.75) is 6.54 Å². The number of hydrogen-bond donors (Lipinski definition) is 1. The van der Waals surface area contributed by atoms with Gasteiger partial charge in [0.05, 0.1) is 33.0 Å². The molecule has 184 valence electrons. The number of amides is 1. The van der Waals surface area contributed by atoms with E-state index in [9.17, 15) is 9.59 Å². The minimum absolute atomic E-state index is 0.0311. The number of hydrogen-bond acceptors (Lipinski definition) is 6. The van der Waals surface area contributed by atoms with E-state index in [0.717, 1.165) is 75.8 Å². The van der Waals surface area contributed by atoms with Crippen LogP contribution in [0.2, 0.25) is 0 Å². The van der Waals surface area contributed by atoms with Crippen LogP contribution in [0, 0.1) is 0 Å². The van der Waals surface area contributed by atoms with Gasteiger partial charge in [-0.25, -0.2) is 0 Å². The first kappa shape index (κ1) is 23.5. The predicted molar refractivity (Wildman–Crippen MR) is 136 cm³/mol. The Kier molecular flexibility index (Phi) is 7.42. The number of rotatable bonds is 7. The Hall–Kier alpha value is -3.20. The highest BCUT2D eigenvalue weighted by molar-refractivity contribution is 5.94. The number of carbonyl (C=O) groups excluding carboxylic acids is 1. The molecule has 2 aliphatic rings. The first-order chi connectivity index (χ1) is 17.2. The lowest BCUT2D eigenvalue weighted by Crippen LogP contribution is -2.41. The zero-order chi connectivity index (χ0) is 24.0. The van der Waals surface area contributed by atoms with Crippen molar-refractivity contribution in [2.75, 3.05) is 70.6 Å². The van der Waals surface area contributed by atoms with Crippen molar-refractivity contribution in [3.63, 3.8) is 0 Å². The van der Waals surface area contributed by atoms with Crippen LogP contribution in [-0.2, 0) is 16.0 Å². The standard InChI is InChI=1S/C27H32N4O4/c32-26(28-7-9-29-10-14-34-15-11-29)23-3-1-2-21(18-23)20-31-8-6-22-19-24(4-5-25(22)27(31)33)30-12-16-35-17-13-30/h1-6,8,18-19H,7,9-17,20H2,(H,28,32). The van der Waals surface area contributed by atoms with Crippen LogP contribution in [0.25, 0.3) is 10.8 Å². The molecule has 0 radical (unpaired) electrons. The van der Waals surface area contributed by atoms with Gasteiger partial charge in [-0.3, -0.25) is 14.5 Å². The first-order valence-corrected chi connectivity index (χ1v) is 12.3. The van der Waals surface area contributed by atoms with Crippen LogP contribution in [0.3, 0.4) is 0 Å². The van der Waals surface area contributed by atoms with Crippen molar-refractivity contribution < 1.29 is 14.3 Å². The van der Waals surface area contributed by atoms with Gasteiger partial charge in [-0.1, -0.05) is 12.1 Å². The molecule has 35 heavy (non-hydrogen) atoms. The Morgan fingerprint density at radius 3 is 2.49 bits per heavy atom. The van der Waals surface area contributed by atoms with Crippen molar-refractivity contribution in [1.82, 2.24) is 14.8 Å². The van der Waals surface area contributed by atoms with Crippen LogP contribution >= 0.6 is 0 Å². The van der Waals surface area contributed by atoms with Gasteiger partial charge in [0.1, 0.15) is 0 Å². The molecule has 5 rings (SSSR count). The van der Waals surface area contributed by atoms with Crippen LogP contribution in [0.1, 0.15) is 15.9 Å². The molecule has 3 heterocycles. The fourth-order valence-electron chi connectivity index (χ4n) is 4.68. The molecule has 0 bridgehead atoms. The van der Waals surface area contributed by atoms with Crippen LogP contribution in [-0.4, -0.2) is 81.1 Å². The summed E-state index contributed by atoms with van der Waals surface area (Å²) >= 11 is 0. The summed E-state index contributed by atoms with van der Waals surface area (Å²) in [5.74, 6) is -0.0957. The van der Waals surface area contributed by atoms with Crippen molar-refractivity contribution in [1.29, 1.82) is 0 Å². The number of morpholine rings is 2. The molecule has 0 spiro atoms. The molecule has 2 aliphatic heterocycles. The lowest BCUT2D eigenvalue weighted by Gasteiger charge is -2.29. The van der Waals surface area contributed by atoms with Crippen LogP contribution in [0.5, 0.6) is 0 Å². The molecular weight excluding hydrogens is 444 g/mol. The van der Waals surface area contributed by atoms with Gasteiger partial charge < -0.3 is 24.3 Å². The second kappa shape index (κ2) is 11.0. The normalized spacial score (nSPS) is 17.0. The predicted octanol–water partition coefficient (Wildman–Crippen LogP) is 1.95. The maximum absolute atomic E-state index is 13.2. The van der Waals surface area contributed by atoms with Crippen molar-refractivity contribution in [3.8, 4) is 0 Å². The third-order valence-electron chi connectivity index (χ3n) is 6.70. The van der Waals surface area contributed by atoms with E-state index >= 15 is 0 Å². The molecular formula is C27H32N4O4. The summed E-state index contributed by atoms with van der Waals surface area (Å²) in [5, 5.41) is 4.63. The molecule has 2 aromatic carbocycles. The smallest absolute Gasteiger partial charge is 0.258 e. The fraction of sp³-hybridized carbons (Fsp3) is 0.407. The fourth-order valence-corrected chi connectivity index (χ4v) is 4.68. The number of nitrogens with one attached hydrogen (secondary N) is 1.